The molecular formula is C21H18Br2N2O3. The van der Waals surface area contributed by atoms with Crippen molar-refractivity contribution < 1.29 is 14.3 Å². The van der Waals surface area contributed by atoms with Crippen molar-refractivity contribution in [2.75, 3.05) is 13.2 Å². The van der Waals surface area contributed by atoms with Crippen molar-refractivity contribution >= 4 is 54.8 Å². The van der Waals surface area contributed by atoms with Crippen LogP contribution in [-0.2, 0) is 4.79 Å². The highest BCUT2D eigenvalue weighted by atomic mass is 79.9. The van der Waals surface area contributed by atoms with E-state index >= 15 is 0 Å². The van der Waals surface area contributed by atoms with Crippen LogP contribution in [0, 0.1) is 0 Å². The molecule has 0 atom stereocenters. The molecule has 0 aliphatic rings. The quantitative estimate of drug-likeness (QED) is 0.350. The molecule has 1 N–H and O–H groups in total. The van der Waals surface area contributed by atoms with Gasteiger partial charge in [-0.2, -0.15) is 5.10 Å². The summed E-state index contributed by atoms with van der Waals surface area (Å²) in [4.78, 5) is 12.1. The summed E-state index contributed by atoms with van der Waals surface area (Å²) in [5.74, 6) is 0.938. The van der Waals surface area contributed by atoms with E-state index < -0.39 is 0 Å². The first kappa shape index (κ1) is 20.4. The van der Waals surface area contributed by atoms with Crippen molar-refractivity contribution in [2.45, 2.75) is 6.92 Å². The number of nitrogens with one attached hydrogen (secondary N) is 1. The molecule has 28 heavy (non-hydrogen) atoms. The van der Waals surface area contributed by atoms with Gasteiger partial charge in [0.15, 0.2) is 6.61 Å². The van der Waals surface area contributed by atoms with Gasteiger partial charge in [-0.3, -0.25) is 4.79 Å². The van der Waals surface area contributed by atoms with E-state index in [4.69, 9.17) is 9.47 Å². The first-order valence-electron chi connectivity index (χ1n) is 8.62. The van der Waals surface area contributed by atoms with Crippen LogP contribution in [0.2, 0.25) is 0 Å². The summed E-state index contributed by atoms with van der Waals surface area (Å²) in [5, 5.41) is 6.15. The molecule has 0 aliphatic carbocycles. The molecule has 0 saturated heterocycles. The number of rotatable bonds is 7. The minimum absolute atomic E-state index is 0.147. The van der Waals surface area contributed by atoms with Gasteiger partial charge in [0.1, 0.15) is 11.5 Å². The van der Waals surface area contributed by atoms with E-state index in [0.717, 1.165) is 25.3 Å². The monoisotopic (exact) mass is 504 g/mol. The molecule has 0 aliphatic heterocycles. The van der Waals surface area contributed by atoms with E-state index in [1.165, 1.54) is 0 Å². The zero-order valence-corrected chi connectivity index (χ0v) is 18.3. The summed E-state index contributed by atoms with van der Waals surface area (Å²) in [7, 11) is 0. The Morgan fingerprint density at radius 2 is 1.86 bits per heavy atom. The van der Waals surface area contributed by atoms with Gasteiger partial charge in [-0.05, 0) is 57.9 Å². The molecule has 5 nitrogen and oxygen atoms in total. The minimum Gasteiger partial charge on any atom is -0.493 e. The third kappa shape index (κ3) is 5.11. The Labute approximate surface area is 180 Å². The molecule has 0 heterocycles. The van der Waals surface area contributed by atoms with Gasteiger partial charge in [-0.1, -0.05) is 46.3 Å². The van der Waals surface area contributed by atoms with Crippen LogP contribution in [0.25, 0.3) is 10.8 Å². The van der Waals surface area contributed by atoms with Crippen LogP contribution in [0.5, 0.6) is 11.5 Å². The number of benzene rings is 3. The predicted octanol–water partition coefficient (Wildman–Crippen LogP) is 5.29. The Hall–Kier alpha value is -2.38. The van der Waals surface area contributed by atoms with E-state index in [2.05, 4.69) is 42.4 Å². The third-order valence-corrected chi connectivity index (χ3v) is 4.98. The largest absolute Gasteiger partial charge is 0.493 e. The molecule has 0 radical (unpaired) electrons. The maximum atomic E-state index is 12.1. The van der Waals surface area contributed by atoms with Crippen LogP contribution in [0.4, 0.5) is 0 Å². The van der Waals surface area contributed by atoms with Crippen LogP contribution in [-0.4, -0.2) is 25.3 Å². The molecule has 3 aromatic carbocycles. The van der Waals surface area contributed by atoms with Gasteiger partial charge < -0.3 is 9.47 Å². The van der Waals surface area contributed by atoms with Crippen LogP contribution < -0.4 is 14.9 Å². The summed E-state index contributed by atoms with van der Waals surface area (Å²) in [5.41, 5.74) is 3.31. The average Bonchev–Trinajstić information content (AvgIpc) is 2.69. The molecule has 0 spiro atoms. The maximum Gasteiger partial charge on any atom is 0.277 e. The second-order valence-corrected chi connectivity index (χ2v) is 7.56. The van der Waals surface area contributed by atoms with Gasteiger partial charge in [0, 0.05) is 10.0 Å². The third-order valence-electron chi connectivity index (χ3n) is 3.87. The molecule has 3 aromatic rings. The smallest absolute Gasteiger partial charge is 0.277 e. The lowest BCUT2D eigenvalue weighted by Gasteiger charge is -2.10. The molecule has 3 rings (SSSR count). The Bertz CT molecular complexity index is 1020. The molecule has 0 fully saturated rings. The fourth-order valence-corrected chi connectivity index (χ4v) is 3.79. The van der Waals surface area contributed by atoms with Crippen molar-refractivity contribution in [2.24, 2.45) is 5.10 Å². The molecular weight excluding hydrogens is 488 g/mol. The Morgan fingerprint density at radius 1 is 1.07 bits per heavy atom. The van der Waals surface area contributed by atoms with Crippen molar-refractivity contribution in [1.29, 1.82) is 0 Å². The minimum atomic E-state index is -0.357. The number of fused-ring (bicyclic) bond motifs is 1. The van der Waals surface area contributed by atoms with Gasteiger partial charge in [-0.15, -0.1) is 0 Å². The van der Waals surface area contributed by atoms with E-state index in [-0.39, 0.29) is 12.5 Å². The van der Waals surface area contributed by atoms with Gasteiger partial charge in [-0.25, -0.2) is 5.43 Å². The van der Waals surface area contributed by atoms with Crippen molar-refractivity contribution in [3.63, 3.8) is 0 Å². The number of carbonyl (C=O) groups excluding carboxylic acids is 1. The van der Waals surface area contributed by atoms with Gasteiger partial charge in [0.2, 0.25) is 0 Å². The number of hydrogen-bond acceptors (Lipinski definition) is 4. The summed E-state index contributed by atoms with van der Waals surface area (Å²) in [6, 6.07) is 17.3. The van der Waals surface area contributed by atoms with Crippen LogP contribution in [0.15, 0.2) is 68.6 Å². The van der Waals surface area contributed by atoms with Gasteiger partial charge in [0.05, 0.1) is 17.3 Å². The Morgan fingerprint density at radius 3 is 2.64 bits per heavy atom. The zero-order valence-electron chi connectivity index (χ0n) is 15.1. The Kier molecular flexibility index (Phi) is 7.06. The summed E-state index contributed by atoms with van der Waals surface area (Å²) in [6.45, 7) is 2.32. The Balaban J connectivity index is 1.68. The SMILES string of the molecule is CCOc1ccc2ccccc2c1/C=N/NC(=O)COc1ccc(Br)cc1Br. The van der Waals surface area contributed by atoms with Crippen LogP contribution in [0.1, 0.15) is 12.5 Å². The number of nitrogens with zero attached hydrogens (tertiary/aromatic N) is 1. The number of hydrazone groups is 1. The number of halogens is 2. The summed E-state index contributed by atoms with van der Waals surface area (Å²) >= 11 is 6.77. The second kappa shape index (κ2) is 9.71. The summed E-state index contributed by atoms with van der Waals surface area (Å²) < 4.78 is 12.9. The van der Waals surface area contributed by atoms with E-state index in [0.29, 0.717) is 18.1 Å². The zero-order chi connectivity index (χ0) is 19.9. The lowest BCUT2D eigenvalue weighted by molar-refractivity contribution is -0.123. The van der Waals surface area contributed by atoms with Gasteiger partial charge in [0.25, 0.3) is 5.91 Å². The normalized spacial score (nSPS) is 11.0. The van der Waals surface area contributed by atoms with Crippen molar-refractivity contribution in [3.05, 3.63) is 69.1 Å². The molecule has 1 amide bonds. The first-order valence-corrected chi connectivity index (χ1v) is 10.2. The molecule has 0 unspecified atom stereocenters. The first-order chi connectivity index (χ1) is 13.6. The second-order valence-electron chi connectivity index (χ2n) is 5.79. The van der Waals surface area contributed by atoms with Crippen molar-refractivity contribution in [3.8, 4) is 11.5 Å². The lowest BCUT2D eigenvalue weighted by atomic mass is 10.0. The fourth-order valence-electron chi connectivity index (χ4n) is 2.63. The molecule has 144 valence electrons. The van der Waals surface area contributed by atoms with Crippen LogP contribution in [0.3, 0.4) is 0 Å². The highest BCUT2D eigenvalue weighted by Gasteiger charge is 2.08. The molecule has 7 heteroatoms. The van der Waals surface area contributed by atoms with Crippen LogP contribution >= 0.6 is 31.9 Å². The number of hydrogen-bond donors (Lipinski definition) is 1. The maximum absolute atomic E-state index is 12.1. The molecule has 0 saturated carbocycles. The summed E-state index contributed by atoms with van der Waals surface area (Å²) in [6.07, 6.45) is 1.60. The lowest BCUT2D eigenvalue weighted by Crippen LogP contribution is -2.24. The highest BCUT2D eigenvalue weighted by molar-refractivity contribution is 9.11. The number of amides is 1. The standard InChI is InChI=1S/C21H18Br2N2O3/c1-2-27-19-9-7-14-5-3-4-6-16(14)17(19)12-24-25-21(26)13-28-20-10-8-15(22)11-18(20)23/h3-12H,2,13H2,1H3,(H,25,26)/b24-12+. The van der Waals surface area contributed by atoms with Crippen molar-refractivity contribution in [1.82, 2.24) is 5.43 Å². The molecule has 0 aromatic heterocycles. The van der Waals surface area contributed by atoms with Gasteiger partial charge >= 0.3 is 0 Å². The highest BCUT2D eigenvalue weighted by Crippen LogP contribution is 2.28. The topological polar surface area (TPSA) is 59.9 Å². The van der Waals surface area contributed by atoms with E-state index in [1.54, 1.807) is 12.3 Å². The van der Waals surface area contributed by atoms with E-state index in [9.17, 15) is 4.79 Å². The number of carbonyl (C=O) groups is 1. The molecule has 0 bridgehead atoms. The fraction of sp³-hybridized carbons (Fsp3) is 0.143. The number of ether oxygens (including phenoxy) is 2. The average molecular weight is 506 g/mol. The predicted molar refractivity (Wildman–Crippen MR) is 118 cm³/mol. The van der Waals surface area contributed by atoms with E-state index in [1.807, 2.05) is 55.5 Å².